The van der Waals surface area contributed by atoms with Crippen molar-refractivity contribution in [3.05, 3.63) is 12.2 Å². The van der Waals surface area contributed by atoms with Gasteiger partial charge in [-0.3, -0.25) is 4.79 Å². The molecule has 0 radical (unpaired) electrons. The molecule has 3 heteroatoms. The summed E-state index contributed by atoms with van der Waals surface area (Å²) in [5.41, 5.74) is 0. The number of hydrogen-bond donors (Lipinski definition) is 0. The van der Waals surface area contributed by atoms with Crippen LogP contribution in [0.3, 0.4) is 0 Å². The molecule has 2 nitrogen and oxygen atoms in total. The van der Waals surface area contributed by atoms with Crippen LogP contribution < -0.4 is 0 Å². The molecule has 0 spiro atoms. The SMILES string of the molecule is CCOC(=O)[C@H]1CC=C[C@H]2CSC[C@H]12. The average Bonchev–Trinajstić information content (AvgIpc) is 2.65. The molecule has 1 aliphatic carbocycles. The molecule has 0 saturated carbocycles. The first-order valence-electron chi connectivity index (χ1n) is 5.24. The summed E-state index contributed by atoms with van der Waals surface area (Å²) in [6, 6.07) is 0. The maximum atomic E-state index is 11.7. The largest absolute Gasteiger partial charge is 0.466 e. The first kappa shape index (κ1) is 10.1. The minimum absolute atomic E-state index is 0.00866. The van der Waals surface area contributed by atoms with Crippen LogP contribution in [-0.4, -0.2) is 24.1 Å². The first-order chi connectivity index (χ1) is 6.83. The Kier molecular flexibility index (Phi) is 3.16. The number of carbonyl (C=O) groups excluding carboxylic acids is 1. The molecule has 3 atom stereocenters. The number of carbonyl (C=O) groups is 1. The molecule has 0 aromatic rings. The zero-order chi connectivity index (χ0) is 9.97. The van der Waals surface area contributed by atoms with Crippen LogP contribution in [0.4, 0.5) is 0 Å². The van der Waals surface area contributed by atoms with E-state index in [-0.39, 0.29) is 11.9 Å². The van der Waals surface area contributed by atoms with Gasteiger partial charge >= 0.3 is 5.97 Å². The van der Waals surface area contributed by atoms with E-state index in [1.807, 2.05) is 18.7 Å². The highest BCUT2D eigenvalue weighted by Crippen LogP contribution is 2.40. The molecule has 1 fully saturated rings. The molecule has 2 aliphatic rings. The van der Waals surface area contributed by atoms with Crippen molar-refractivity contribution in [3.8, 4) is 0 Å². The highest BCUT2D eigenvalue weighted by Gasteiger charge is 2.38. The molecule has 1 saturated heterocycles. The minimum atomic E-state index is 0.00866. The Morgan fingerprint density at radius 2 is 2.43 bits per heavy atom. The van der Waals surface area contributed by atoms with E-state index in [2.05, 4.69) is 12.2 Å². The topological polar surface area (TPSA) is 26.3 Å². The van der Waals surface area contributed by atoms with E-state index in [1.54, 1.807) is 0 Å². The van der Waals surface area contributed by atoms with E-state index in [0.717, 1.165) is 12.2 Å². The van der Waals surface area contributed by atoms with Crippen LogP contribution in [0, 0.1) is 17.8 Å². The van der Waals surface area contributed by atoms with Crippen LogP contribution in [0.15, 0.2) is 12.2 Å². The van der Waals surface area contributed by atoms with Crippen molar-refractivity contribution >= 4 is 17.7 Å². The number of hydrogen-bond acceptors (Lipinski definition) is 3. The van der Waals surface area contributed by atoms with Crippen molar-refractivity contribution < 1.29 is 9.53 Å². The van der Waals surface area contributed by atoms with Gasteiger partial charge in [0.15, 0.2) is 0 Å². The van der Waals surface area contributed by atoms with Crippen LogP contribution in [0.5, 0.6) is 0 Å². The fourth-order valence-corrected chi connectivity index (χ4v) is 3.81. The predicted molar refractivity (Wildman–Crippen MR) is 58.2 cm³/mol. The van der Waals surface area contributed by atoms with Gasteiger partial charge in [-0.2, -0.15) is 11.8 Å². The van der Waals surface area contributed by atoms with E-state index in [4.69, 9.17) is 4.74 Å². The van der Waals surface area contributed by atoms with Crippen molar-refractivity contribution in [1.29, 1.82) is 0 Å². The number of ether oxygens (including phenoxy) is 1. The highest BCUT2D eigenvalue weighted by atomic mass is 32.2. The van der Waals surface area contributed by atoms with Gasteiger partial charge in [-0.05, 0) is 36.7 Å². The molecule has 0 aromatic heterocycles. The average molecular weight is 212 g/mol. The van der Waals surface area contributed by atoms with Gasteiger partial charge in [-0.15, -0.1) is 0 Å². The lowest BCUT2D eigenvalue weighted by Crippen LogP contribution is -2.31. The van der Waals surface area contributed by atoms with E-state index >= 15 is 0 Å². The van der Waals surface area contributed by atoms with E-state index < -0.39 is 0 Å². The third kappa shape index (κ3) is 1.83. The Hall–Kier alpha value is -0.440. The van der Waals surface area contributed by atoms with Crippen molar-refractivity contribution in [1.82, 2.24) is 0 Å². The minimum Gasteiger partial charge on any atom is -0.466 e. The third-order valence-corrected chi connectivity index (χ3v) is 4.29. The quantitative estimate of drug-likeness (QED) is 0.518. The van der Waals surface area contributed by atoms with Crippen molar-refractivity contribution in [2.75, 3.05) is 18.1 Å². The molecule has 0 unspecified atom stereocenters. The summed E-state index contributed by atoms with van der Waals surface area (Å²) in [5.74, 6) is 3.58. The lowest BCUT2D eigenvalue weighted by molar-refractivity contribution is -0.150. The van der Waals surface area contributed by atoms with E-state index in [0.29, 0.717) is 18.4 Å². The van der Waals surface area contributed by atoms with Crippen molar-refractivity contribution in [3.63, 3.8) is 0 Å². The zero-order valence-electron chi connectivity index (χ0n) is 8.44. The van der Waals surface area contributed by atoms with Crippen molar-refractivity contribution in [2.45, 2.75) is 13.3 Å². The van der Waals surface area contributed by atoms with Gasteiger partial charge in [0.1, 0.15) is 0 Å². The van der Waals surface area contributed by atoms with Gasteiger partial charge in [0.2, 0.25) is 0 Å². The zero-order valence-corrected chi connectivity index (χ0v) is 9.26. The summed E-state index contributed by atoms with van der Waals surface area (Å²) >= 11 is 1.96. The number of allylic oxidation sites excluding steroid dienone is 2. The molecule has 1 heterocycles. The van der Waals surface area contributed by atoms with Crippen LogP contribution >= 0.6 is 11.8 Å². The molecule has 14 heavy (non-hydrogen) atoms. The fraction of sp³-hybridized carbons (Fsp3) is 0.727. The van der Waals surface area contributed by atoms with Gasteiger partial charge in [-0.1, -0.05) is 12.2 Å². The molecule has 2 rings (SSSR count). The third-order valence-electron chi connectivity index (χ3n) is 3.05. The number of fused-ring (bicyclic) bond motifs is 1. The standard InChI is InChI=1S/C11H16O2S/c1-2-13-11(12)9-5-3-4-8-6-14-7-10(8)9/h3-4,8-10H,2,5-7H2,1H3/t8-,9-,10-/m0/s1. The van der Waals surface area contributed by atoms with Crippen LogP contribution in [-0.2, 0) is 9.53 Å². The molecule has 78 valence electrons. The Labute approximate surface area is 89.1 Å². The molecule has 1 aliphatic heterocycles. The Morgan fingerprint density at radius 1 is 1.57 bits per heavy atom. The summed E-state index contributed by atoms with van der Waals surface area (Å²) in [6.07, 6.45) is 5.30. The first-order valence-corrected chi connectivity index (χ1v) is 6.39. The number of rotatable bonds is 2. The molecule has 0 bridgehead atoms. The smallest absolute Gasteiger partial charge is 0.309 e. The van der Waals surface area contributed by atoms with Crippen LogP contribution in [0.25, 0.3) is 0 Å². The monoisotopic (exact) mass is 212 g/mol. The van der Waals surface area contributed by atoms with Crippen LogP contribution in [0.2, 0.25) is 0 Å². The Balaban J connectivity index is 2.04. The van der Waals surface area contributed by atoms with Gasteiger partial charge in [0.05, 0.1) is 12.5 Å². The van der Waals surface area contributed by atoms with Gasteiger partial charge in [0, 0.05) is 0 Å². The van der Waals surface area contributed by atoms with E-state index in [1.165, 1.54) is 5.75 Å². The maximum Gasteiger partial charge on any atom is 0.309 e. The molecule has 0 N–H and O–H groups in total. The maximum absolute atomic E-state index is 11.7. The Bertz CT molecular complexity index is 250. The second-order valence-electron chi connectivity index (χ2n) is 3.89. The van der Waals surface area contributed by atoms with Crippen LogP contribution in [0.1, 0.15) is 13.3 Å². The Morgan fingerprint density at radius 3 is 3.21 bits per heavy atom. The summed E-state index contributed by atoms with van der Waals surface area (Å²) in [5, 5.41) is 0. The lowest BCUT2D eigenvalue weighted by Gasteiger charge is -2.27. The fourth-order valence-electron chi connectivity index (χ4n) is 2.30. The van der Waals surface area contributed by atoms with Gasteiger partial charge in [-0.25, -0.2) is 0 Å². The molecule has 0 aromatic carbocycles. The predicted octanol–water partition coefficient (Wildman–Crippen LogP) is 2.10. The normalized spacial score (nSPS) is 35.4. The molecule has 0 amide bonds. The molecular weight excluding hydrogens is 196 g/mol. The van der Waals surface area contributed by atoms with Gasteiger partial charge < -0.3 is 4.74 Å². The lowest BCUT2D eigenvalue weighted by atomic mass is 9.78. The summed E-state index contributed by atoms with van der Waals surface area (Å²) in [7, 11) is 0. The number of thioether (sulfide) groups is 1. The highest BCUT2D eigenvalue weighted by molar-refractivity contribution is 7.99. The second-order valence-corrected chi connectivity index (χ2v) is 4.96. The van der Waals surface area contributed by atoms with E-state index in [9.17, 15) is 4.79 Å². The summed E-state index contributed by atoms with van der Waals surface area (Å²) in [6.45, 7) is 2.38. The summed E-state index contributed by atoms with van der Waals surface area (Å²) < 4.78 is 5.11. The molecular formula is C11H16O2S. The van der Waals surface area contributed by atoms with Crippen molar-refractivity contribution in [2.24, 2.45) is 17.8 Å². The second kappa shape index (κ2) is 4.39. The summed E-state index contributed by atoms with van der Waals surface area (Å²) in [4.78, 5) is 11.7. The van der Waals surface area contributed by atoms with Gasteiger partial charge in [0.25, 0.3) is 0 Å². The number of esters is 1.